The number of rotatable bonds is 9. The van der Waals surface area contributed by atoms with Crippen LogP contribution < -0.4 is 9.47 Å². The molecule has 1 aliphatic carbocycles. The van der Waals surface area contributed by atoms with Crippen molar-refractivity contribution in [1.82, 2.24) is 9.21 Å². The van der Waals surface area contributed by atoms with Gasteiger partial charge in [-0.2, -0.15) is 4.31 Å². The lowest BCUT2D eigenvalue weighted by atomic mass is 9.95. The lowest BCUT2D eigenvalue weighted by Gasteiger charge is -2.34. The Hall–Kier alpha value is -2.88. The van der Waals surface area contributed by atoms with Gasteiger partial charge in [-0.25, -0.2) is 8.42 Å². The second kappa shape index (κ2) is 11.2. The van der Waals surface area contributed by atoms with Crippen molar-refractivity contribution in [2.24, 2.45) is 0 Å². The molecule has 1 amide bonds. The summed E-state index contributed by atoms with van der Waals surface area (Å²) in [4.78, 5) is 17.0. The van der Waals surface area contributed by atoms with Gasteiger partial charge in [-0.1, -0.05) is 43.5 Å². The molecule has 0 radical (unpaired) electrons. The second-order valence-electron chi connectivity index (χ2n) is 9.62. The Bertz CT molecular complexity index is 1330. The Morgan fingerprint density at radius 3 is 2.46 bits per heavy atom. The molecule has 196 valence electrons. The molecule has 0 atom stereocenters. The number of nitrogens with zero attached hydrogens (tertiary/aromatic N) is 2. The molecule has 3 aromatic rings. The quantitative estimate of drug-likeness (QED) is 0.366. The van der Waals surface area contributed by atoms with Gasteiger partial charge in [0.15, 0.2) is 11.5 Å². The lowest BCUT2D eigenvalue weighted by molar-refractivity contribution is -0.133. The van der Waals surface area contributed by atoms with Crippen LogP contribution in [0.2, 0.25) is 0 Å². The fraction of sp³-hybridized carbons (Fsp3) is 0.393. The maximum absolute atomic E-state index is 13.9. The fourth-order valence-corrected chi connectivity index (χ4v) is 7.55. The minimum absolute atomic E-state index is 0.182. The van der Waals surface area contributed by atoms with E-state index >= 15 is 0 Å². The second-order valence-corrected chi connectivity index (χ2v) is 12.5. The number of hydrogen-bond donors (Lipinski definition) is 0. The number of carbonyl (C=O) groups is 1. The maximum atomic E-state index is 13.9. The molecule has 0 N–H and O–H groups in total. The van der Waals surface area contributed by atoms with Gasteiger partial charge >= 0.3 is 0 Å². The molecule has 5 rings (SSSR count). The summed E-state index contributed by atoms with van der Waals surface area (Å²) in [5, 5.41) is 2.02. The number of amides is 1. The van der Waals surface area contributed by atoms with Crippen LogP contribution in [0.25, 0.3) is 0 Å². The van der Waals surface area contributed by atoms with E-state index in [-0.39, 0.29) is 30.2 Å². The van der Waals surface area contributed by atoms with E-state index in [2.05, 4.69) is 0 Å². The highest BCUT2D eigenvalue weighted by Gasteiger charge is 2.35. The van der Waals surface area contributed by atoms with Crippen molar-refractivity contribution in [2.75, 3.05) is 13.3 Å². The Labute approximate surface area is 222 Å². The van der Waals surface area contributed by atoms with Crippen molar-refractivity contribution in [1.29, 1.82) is 0 Å². The van der Waals surface area contributed by atoms with E-state index in [1.807, 2.05) is 36.6 Å². The standard InChI is InChI=1S/C28H32N2O5S2/c1-21-14-15-36-27(21)18-29(17-22-12-13-25-26(16-22)35-20-34-25)28(31)19-30(23-8-4-2-5-9-23)37(32,33)24-10-6-3-7-11-24/h3,6-7,10-16,23H,2,4-5,8-9,17-20H2,1H3. The third-order valence-electron chi connectivity index (χ3n) is 7.09. The Balaban J connectivity index is 1.44. The third kappa shape index (κ3) is 5.84. The molecule has 1 aliphatic heterocycles. The summed E-state index contributed by atoms with van der Waals surface area (Å²) in [6.45, 7) is 2.79. The minimum Gasteiger partial charge on any atom is -0.454 e. The highest BCUT2D eigenvalue weighted by Crippen LogP contribution is 2.33. The molecule has 37 heavy (non-hydrogen) atoms. The maximum Gasteiger partial charge on any atom is 0.243 e. The van der Waals surface area contributed by atoms with Crippen LogP contribution in [-0.2, 0) is 27.9 Å². The first-order valence-electron chi connectivity index (χ1n) is 12.7. The number of benzene rings is 2. The van der Waals surface area contributed by atoms with E-state index in [0.29, 0.717) is 24.6 Å². The lowest BCUT2D eigenvalue weighted by Crippen LogP contribution is -2.47. The minimum atomic E-state index is -3.83. The molecule has 0 bridgehead atoms. The normalized spacial score (nSPS) is 15.7. The summed E-state index contributed by atoms with van der Waals surface area (Å²) in [5.41, 5.74) is 2.02. The van der Waals surface area contributed by atoms with Crippen LogP contribution in [0.4, 0.5) is 0 Å². The van der Waals surface area contributed by atoms with Crippen molar-refractivity contribution in [3.8, 4) is 11.5 Å². The number of aryl methyl sites for hydroxylation is 1. The van der Waals surface area contributed by atoms with Crippen LogP contribution in [-0.4, -0.2) is 42.9 Å². The van der Waals surface area contributed by atoms with Crippen molar-refractivity contribution in [3.63, 3.8) is 0 Å². The van der Waals surface area contributed by atoms with Gasteiger partial charge in [0, 0.05) is 17.5 Å². The average Bonchev–Trinajstić information content (AvgIpc) is 3.56. The molecule has 1 aromatic heterocycles. The number of hydrogen-bond acceptors (Lipinski definition) is 6. The number of sulfonamides is 1. The van der Waals surface area contributed by atoms with Gasteiger partial charge in [-0.15, -0.1) is 11.3 Å². The molecule has 0 unspecified atom stereocenters. The SMILES string of the molecule is Cc1ccsc1CN(Cc1ccc2c(c1)OCO2)C(=O)CN(C1CCCCC1)S(=O)(=O)c1ccccc1. The van der Waals surface area contributed by atoms with Crippen molar-refractivity contribution in [2.45, 2.75) is 63.1 Å². The van der Waals surface area contributed by atoms with E-state index in [9.17, 15) is 13.2 Å². The first-order valence-corrected chi connectivity index (χ1v) is 15.0. The van der Waals surface area contributed by atoms with E-state index < -0.39 is 10.0 Å². The molecule has 7 nitrogen and oxygen atoms in total. The monoisotopic (exact) mass is 540 g/mol. The van der Waals surface area contributed by atoms with E-state index in [1.54, 1.807) is 46.6 Å². The van der Waals surface area contributed by atoms with Gasteiger partial charge in [0.25, 0.3) is 0 Å². The van der Waals surface area contributed by atoms with Gasteiger partial charge in [0.2, 0.25) is 22.7 Å². The summed E-state index contributed by atoms with van der Waals surface area (Å²) in [6.07, 6.45) is 4.57. The highest BCUT2D eigenvalue weighted by atomic mass is 32.2. The zero-order chi connectivity index (χ0) is 25.8. The molecule has 2 heterocycles. The number of fused-ring (bicyclic) bond motifs is 1. The van der Waals surface area contributed by atoms with Crippen LogP contribution in [0.3, 0.4) is 0 Å². The van der Waals surface area contributed by atoms with Crippen LogP contribution in [0.15, 0.2) is 64.9 Å². The summed E-state index contributed by atoms with van der Waals surface area (Å²) in [5.74, 6) is 1.14. The van der Waals surface area contributed by atoms with E-state index in [0.717, 1.165) is 48.1 Å². The van der Waals surface area contributed by atoms with Crippen molar-refractivity contribution in [3.05, 3.63) is 76.0 Å². The first kappa shape index (κ1) is 25.8. The third-order valence-corrected chi connectivity index (χ3v) is 10.0. The van der Waals surface area contributed by atoms with Crippen LogP contribution in [0.1, 0.15) is 48.1 Å². The van der Waals surface area contributed by atoms with Gasteiger partial charge in [0.05, 0.1) is 18.0 Å². The van der Waals surface area contributed by atoms with Crippen molar-refractivity contribution < 1.29 is 22.7 Å². The summed E-state index contributed by atoms with van der Waals surface area (Å²) in [7, 11) is -3.83. The Kier molecular flexibility index (Phi) is 7.83. The number of thiophene rings is 1. The molecule has 2 aromatic carbocycles. The summed E-state index contributed by atoms with van der Waals surface area (Å²) in [6, 6.07) is 16.0. The molecule has 1 fully saturated rings. The average molecular weight is 541 g/mol. The molecule has 0 spiro atoms. The van der Waals surface area contributed by atoms with Gasteiger partial charge in [-0.3, -0.25) is 4.79 Å². The van der Waals surface area contributed by atoms with Crippen LogP contribution >= 0.6 is 11.3 Å². The van der Waals surface area contributed by atoms with Crippen LogP contribution in [0, 0.1) is 6.92 Å². The van der Waals surface area contributed by atoms with Crippen LogP contribution in [0.5, 0.6) is 11.5 Å². The largest absolute Gasteiger partial charge is 0.454 e. The van der Waals surface area contributed by atoms with Gasteiger partial charge in [0.1, 0.15) is 0 Å². The zero-order valence-corrected chi connectivity index (χ0v) is 22.6. The molecule has 2 aliphatic rings. The van der Waals surface area contributed by atoms with Gasteiger partial charge in [-0.05, 0) is 66.6 Å². The molecular formula is C28H32N2O5S2. The number of ether oxygens (including phenoxy) is 2. The molecular weight excluding hydrogens is 508 g/mol. The van der Waals surface area contributed by atoms with E-state index in [4.69, 9.17) is 9.47 Å². The predicted molar refractivity (Wildman–Crippen MR) is 143 cm³/mol. The van der Waals surface area contributed by atoms with E-state index in [1.165, 1.54) is 4.31 Å². The molecule has 0 saturated heterocycles. The Morgan fingerprint density at radius 1 is 0.973 bits per heavy atom. The van der Waals surface area contributed by atoms with Crippen molar-refractivity contribution >= 4 is 27.3 Å². The Morgan fingerprint density at radius 2 is 1.73 bits per heavy atom. The topological polar surface area (TPSA) is 76.2 Å². The number of carbonyl (C=O) groups excluding carboxylic acids is 1. The summed E-state index contributed by atoms with van der Waals surface area (Å²) < 4.78 is 40.0. The molecule has 9 heteroatoms. The fourth-order valence-electron chi connectivity index (χ4n) is 4.97. The molecule has 1 saturated carbocycles. The van der Waals surface area contributed by atoms with Gasteiger partial charge < -0.3 is 14.4 Å². The highest BCUT2D eigenvalue weighted by molar-refractivity contribution is 7.89. The zero-order valence-electron chi connectivity index (χ0n) is 21.0. The predicted octanol–water partition coefficient (Wildman–Crippen LogP) is 5.34. The first-order chi connectivity index (χ1) is 17.9. The smallest absolute Gasteiger partial charge is 0.243 e. The summed E-state index contributed by atoms with van der Waals surface area (Å²) >= 11 is 1.60.